The van der Waals surface area contributed by atoms with Crippen molar-refractivity contribution >= 4 is 22.6 Å². The Morgan fingerprint density at radius 2 is 1.66 bits per heavy atom. The van der Waals surface area contributed by atoms with Gasteiger partial charge in [0.25, 0.3) is 0 Å². The summed E-state index contributed by atoms with van der Waals surface area (Å²) in [5.74, 6) is -0.763. The highest BCUT2D eigenvalue weighted by Crippen LogP contribution is 2.34. The lowest BCUT2D eigenvalue weighted by molar-refractivity contribution is -0.126. The number of amides is 2. The van der Waals surface area contributed by atoms with Gasteiger partial charge in [-0.3, -0.25) is 9.59 Å². The van der Waals surface area contributed by atoms with E-state index in [0.717, 1.165) is 21.9 Å². The minimum atomic E-state index is -0.372. The predicted molar refractivity (Wildman–Crippen MR) is 122 cm³/mol. The fourth-order valence-electron chi connectivity index (χ4n) is 4.34. The first-order chi connectivity index (χ1) is 15.6. The molecule has 1 fully saturated rings. The minimum Gasteiger partial charge on any atom is -0.381 e. The van der Waals surface area contributed by atoms with Crippen molar-refractivity contribution < 1.29 is 18.7 Å². The van der Waals surface area contributed by atoms with Crippen LogP contribution >= 0.6 is 0 Å². The fourth-order valence-corrected chi connectivity index (χ4v) is 4.34. The van der Waals surface area contributed by atoms with Crippen LogP contribution in [0.1, 0.15) is 24.0 Å². The summed E-state index contributed by atoms with van der Waals surface area (Å²) < 4.78 is 19.3. The van der Waals surface area contributed by atoms with E-state index in [4.69, 9.17) is 4.74 Å². The molecule has 1 aliphatic rings. The number of halogens is 1. The van der Waals surface area contributed by atoms with Crippen LogP contribution in [0, 0.1) is 5.82 Å². The van der Waals surface area contributed by atoms with E-state index in [-0.39, 0.29) is 36.0 Å². The van der Waals surface area contributed by atoms with E-state index in [2.05, 4.69) is 10.6 Å². The van der Waals surface area contributed by atoms with E-state index >= 15 is 0 Å². The number of carbonyl (C=O) groups is 2. The zero-order valence-electron chi connectivity index (χ0n) is 17.9. The van der Waals surface area contributed by atoms with E-state index in [1.807, 2.05) is 48.5 Å². The molecular weight excluding hydrogens is 407 g/mol. The Labute approximate surface area is 187 Å². The predicted octanol–water partition coefficient (Wildman–Crippen LogP) is 3.50. The van der Waals surface area contributed by atoms with Crippen molar-refractivity contribution in [3.05, 3.63) is 83.7 Å². The fraction of sp³-hybridized carbons (Fsp3) is 0.308. The molecule has 2 amide bonds. The van der Waals surface area contributed by atoms with Gasteiger partial charge in [-0.1, -0.05) is 54.6 Å². The topological polar surface area (TPSA) is 67.4 Å². The Kier molecular flexibility index (Phi) is 6.81. The third-order valence-electron chi connectivity index (χ3n) is 6.19. The average Bonchev–Trinajstić information content (AvgIpc) is 2.82. The lowest BCUT2D eigenvalue weighted by Crippen LogP contribution is -2.47. The quantitative estimate of drug-likeness (QED) is 0.598. The lowest BCUT2D eigenvalue weighted by atomic mass is 9.74. The maximum Gasteiger partial charge on any atom is 0.239 e. The van der Waals surface area contributed by atoms with Crippen molar-refractivity contribution in [2.45, 2.75) is 24.7 Å². The minimum absolute atomic E-state index is 0.0979. The van der Waals surface area contributed by atoms with Crippen LogP contribution in [0.5, 0.6) is 0 Å². The van der Waals surface area contributed by atoms with Gasteiger partial charge in [-0.15, -0.1) is 0 Å². The number of hydrogen-bond acceptors (Lipinski definition) is 3. The number of benzene rings is 3. The second-order valence-electron chi connectivity index (χ2n) is 8.27. The molecule has 3 aromatic rings. The van der Waals surface area contributed by atoms with Crippen LogP contribution in [0.3, 0.4) is 0 Å². The Bertz CT molecular complexity index is 1100. The smallest absolute Gasteiger partial charge is 0.239 e. The molecule has 3 aromatic carbocycles. The third kappa shape index (κ3) is 5.14. The molecular formula is C26H27FN2O3. The maximum absolute atomic E-state index is 13.8. The largest absolute Gasteiger partial charge is 0.381 e. The second-order valence-corrected chi connectivity index (χ2v) is 8.27. The number of rotatable bonds is 7. The van der Waals surface area contributed by atoms with Crippen LogP contribution in [0.4, 0.5) is 4.39 Å². The number of fused-ring (bicyclic) bond motifs is 1. The van der Waals surface area contributed by atoms with Gasteiger partial charge in [0, 0.05) is 25.2 Å². The Hall–Kier alpha value is -3.25. The van der Waals surface area contributed by atoms with Gasteiger partial charge in [-0.05, 0) is 46.9 Å². The Morgan fingerprint density at radius 1 is 0.906 bits per heavy atom. The standard InChI is InChI=1S/C26H27FN2O3/c27-22-9-4-8-21(16-22)26(11-13-32-14-12-26)18-29-25(31)17-28-24(30)15-20-7-3-6-19-5-1-2-10-23(19)20/h1-10,16H,11-15,17-18H2,(H,28,30)(H,29,31). The summed E-state index contributed by atoms with van der Waals surface area (Å²) in [7, 11) is 0. The maximum atomic E-state index is 13.8. The van der Waals surface area contributed by atoms with Crippen molar-refractivity contribution in [1.29, 1.82) is 0 Å². The van der Waals surface area contributed by atoms with Crippen molar-refractivity contribution in [2.24, 2.45) is 0 Å². The average molecular weight is 435 g/mol. The summed E-state index contributed by atoms with van der Waals surface area (Å²) in [6, 6.07) is 20.3. The van der Waals surface area contributed by atoms with Crippen molar-refractivity contribution in [2.75, 3.05) is 26.3 Å². The van der Waals surface area contributed by atoms with Crippen LogP contribution in [0.2, 0.25) is 0 Å². The van der Waals surface area contributed by atoms with E-state index in [0.29, 0.717) is 32.6 Å². The van der Waals surface area contributed by atoms with Crippen LogP contribution in [0.15, 0.2) is 66.7 Å². The SMILES string of the molecule is O=C(CNC(=O)Cc1cccc2ccccc12)NCC1(c2cccc(F)c2)CCOCC1. The van der Waals surface area contributed by atoms with Gasteiger partial charge in [0.15, 0.2) is 0 Å². The van der Waals surface area contributed by atoms with Crippen LogP contribution < -0.4 is 10.6 Å². The summed E-state index contributed by atoms with van der Waals surface area (Å²) in [5, 5.41) is 7.75. The zero-order valence-corrected chi connectivity index (χ0v) is 17.9. The highest BCUT2D eigenvalue weighted by Gasteiger charge is 2.35. The van der Waals surface area contributed by atoms with Crippen LogP contribution in [0.25, 0.3) is 10.8 Å². The Morgan fingerprint density at radius 3 is 2.47 bits per heavy atom. The molecule has 0 radical (unpaired) electrons. The highest BCUT2D eigenvalue weighted by molar-refractivity contribution is 5.91. The highest BCUT2D eigenvalue weighted by atomic mass is 19.1. The summed E-state index contributed by atoms with van der Waals surface area (Å²) in [4.78, 5) is 24.9. The normalized spacial score (nSPS) is 15.3. The third-order valence-corrected chi connectivity index (χ3v) is 6.19. The first-order valence-corrected chi connectivity index (χ1v) is 10.9. The molecule has 6 heteroatoms. The number of nitrogens with one attached hydrogen (secondary N) is 2. The van der Waals surface area contributed by atoms with Gasteiger partial charge < -0.3 is 15.4 Å². The van der Waals surface area contributed by atoms with Gasteiger partial charge in [-0.25, -0.2) is 4.39 Å². The first kappa shape index (κ1) is 22.0. The van der Waals surface area contributed by atoms with Gasteiger partial charge in [0.2, 0.25) is 11.8 Å². The molecule has 1 aliphatic heterocycles. The number of hydrogen-bond donors (Lipinski definition) is 2. The van der Waals surface area contributed by atoms with Crippen molar-refractivity contribution in [1.82, 2.24) is 10.6 Å². The van der Waals surface area contributed by atoms with Gasteiger partial charge in [0.05, 0.1) is 13.0 Å². The molecule has 0 aliphatic carbocycles. The molecule has 1 saturated heterocycles. The molecule has 1 heterocycles. The van der Waals surface area contributed by atoms with E-state index in [1.54, 1.807) is 6.07 Å². The molecule has 0 bridgehead atoms. The summed E-state index contributed by atoms with van der Waals surface area (Å²) in [6.45, 7) is 1.40. The molecule has 0 saturated carbocycles. The van der Waals surface area contributed by atoms with E-state index in [9.17, 15) is 14.0 Å². The molecule has 32 heavy (non-hydrogen) atoms. The van der Waals surface area contributed by atoms with Crippen molar-refractivity contribution in [3.63, 3.8) is 0 Å². The van der Waals surface area contributed by atoms with Gasteiger partial charge in [-0.2, -0.15) is 0 Å². The van der Waals surface area contributed by atoms with Crippen LogP contribution in [-0.4, -0.2) is 38.1 Å². The number of ether oxygens (including phenoxy) is 1. The molecule has 5 nitrogen and oxygen atoms in total. The summed E-state index contributed by atoms with van der Waals surface area (Å²) in [5.41, 5.74) is 1.41. The summed E-state index contributed by atoms with van der Waals surface area (Å²) >= 11 is 0. The second kappa shape index (κ2) is 9.92. The van der Waals surface area contributed by atoms with E-state index < -0.39 is 0 Å². The summed E-state index contributed by atoms with van der Waals surface area (Å²) in [6.07, 6.45) is 1.60. The first-order valence-electron chi connectivity index (χ1n) is 10.9. The van der Waals surface area contributed by atoms with Crippen LogP contribution in [-0.2, 0) is 26.2 Å². The number of carbonyl (C=O) groups excluding carboxylic acids is 2. The lowest BCUT2D eigenvalue weighted by Gasteiger charge is -2.38. The zero-order chi connectivity index (χ0) is 22.4. The molecule has 166 valence electrons. The van der Waals surface area contributed by atoms with Gasteiger partial charge in [0.1, 0.15) is 5.82 Å². The Balaban J connectivity index is 1.33. The molecule has 0 atom stereocenters. The molecule has 0 unspecified atom stereocenters. The van der Waals surface area contributed by atoms with Crippen molar-refractivity contribution in [3.8, 4) is 0 Å². The molecule has 2 N–H and O–H groups in total. The van der Waals surface area contributed by atoms with E-state index in [1.165, 1.54) is 12.1 Å². The molecule has 4 rings (SSSR count). The monoisotopic (exact) mass is 434 g/mol. The molecule has 0 aromatic heterocycles. The van der Waals surface area contributed by atoms with Gasteiger partial charge >= 0.3 is 0 Å². The molecule has 0 spiro atoms.